The molecular weight excluding hydrogens is 262 g/mol. The molecule has 0 bridgehead atoms. The summed E-state index contributed by atoms with van der Waals surface area (Å²) in [4.78, 5) is 0. The third-order valence-corrected chi connectivity index (χ3v) is 4.26. The van der Waals surface area contributed by atoms with Crippen molar-refractivity contribution in [1.29, 1.82) is 0 Å². The highest BCUT2D eigenvalue weighted by Gasteiger charge is 2.19. The van der Waals surface area contributed by atoms with Gasteiger partial charge in [0.15, 0.2) is 0 Å². The van der Waals surface area contributed by atoms with Crippen LogP contribution in [0.5, 0.6) is 0 Å². The van der Waals surface area contributed by atoms with Crippen LogP contribution in [-0.4, -0.2) is 27.4 Å². The lowest BCUT2D eigenvalue weighted by molar-refractivity contribution is 0.0877. The van der Waals surface area contributed by atoms with Crippen LogP contribution in [0.3, 0.4) is 0 Å². The first-order chi connectivity index (χ1) is 8.87. The van der Waals surface area contributed by atoms with Crippen LogP contribution >= 0.6 is 0 Å². The van der Waals surface area contributed by atoms with Crippen molar-refractivity contribution >= 4 is 10.0 Å². The van der Waals surface area contributed by atoms with Crippen LogP contribution in [0.4, 0.5) is 0 Å². The zero-order valence-corrected chi connectivity index (χ0v) is 13.5. The Balaban J connectivity index is 3.65. The van der Waals surface area contributed by atoms with Crippen LogP contribution in [-0.2, 0) is 14.8 Å². The van der Waals surface area contributed by atoms with Gasteiger partial charge in [0.2, 0.25) is 10.0 Å². The van der Waals surface area contributed by atoms with Gasteiger partial charge in [-0.05, 0) is 18.3 Å². The van der Waals surface area contributed by atoms with E-state index in [2.05, 4.69) is 6.92 Å². The standard InChI is InChI=1S/C14H31NO3S/c1-4-5-6-7-8-9-10-18-11-14(13(2)3)12-19(15,16)17/h13-14H,4-12H2,1-3H3,(H2,15,16,17). The van der Waals surface area contributed by atoms with Crippen molar-refractivity contribution in [3.05, 3.63) is 0 Å². The van der Waals surface area contributed by atoms with Gasteiger partial charge in [-0.15, -0.1) is 0 Å². The third kappa shape index (κ3) is 12.6. The molecular formula is C14H31NO3S. The van der Waals surface area contributed by atoms with Crippen molar-refractivity contribution < 1.29 is 13.2 Å². The van der Waals surface area contributed by atoms with Crippen LogP contribution in [0.2, 0.25) is 0 Å². The molecule has 0 aromatic carbocycles. The Morgan fingerprint density at radius 3 is 2.16 bits per heavy atom. The Bertz CT molecular complexity index is 302. The molecule has 0 aromatic heterocycles. The van der Waals surface area contributed by atoms with E-state index in [9.17, 15) is 8.42 Å². The second kappa shape index (κ2) is 10.6. The number of primary sulfonamides is 1. The highest BCUT2D eigenvalue weighted by molar-refractivity contribution is 7.89. The SMILES string of the molecule is CCCCCCCCOCC(CS(N)(=O)=O)C(C)C. The minimum atomic E-state index is -3.41. The highest BCUT2D eigenvalue weighted by Crippen LogP contribution is 2.13. The molecule has 4 nitrogen and oxygen atoms in total. The summed E-state index contributed by atoms with van der Waals surface area (Å²) >= 11 is 0. The molecule has 0 aliphatic rings. The Morgan fingerprint density at radius 2 is 1.63 bits per heavy atom. The van der Waals surface area contributed by atoms with Gasteiger partial charge >= 0.3 is 0 Å². The molecule has 0 heterocycles. The monoisotopic (exact) mass is 293 g/mol. The molecule has 116 valence electrons. The van der Waals surface area contributed by atoms with Gasteiger partial charge in [-0.3, -0.25) is 0 Å². The third-order valence-electron chi connectivity index (χ3n) is 3.36. The summed E-state index contributed by atoms with van der Waals surface area (Å²) in [5.41, 5.74) is 0. The predicted octanol–water partition coefficient (Wildman–Crippen LogP) is 2.92. The number of hydrogen-bond donors (Lipinski definition) is 1. The molecule has 1 atom stereocenters. The molecule has 0 spiro atoms. The van der Waals surface area contributed by atoms with Crippen LogP contribution in [0, 0.1) is 11.8 Å². The Labute approximate surface area is 119 Å². The van der Waals surface area contributed by atoms with Gasteiger partial charge in [0.05, 0.1) is 12.4 Å². The Hall–Kier alpha value is -0.130. The predicted molar refractivity (Wildman–Crippen MR) is 80.5 cm³/mol. The number of hydrogen-bond acceptors (Lipinski definition) is 3. The molecule has 0 saturated carbocycles. The first-order valence-electron chi connectivity index (χ1n) is 7.45. The molecule has 0 radical (unpaired) electrons. The number of rotatable bonds is 12. The maximum absolute atomic E-state index is 11.1. The van der Waals surface area contributed by atoms with Crippen molar-refractivity contribution in [2.75, 3.05) is 19.0 Å². The molecule has 1 unspecified atom stereocenters. The molecule has 0 saturated heterocycles. The maximum atomic E-state index is 11.1. The van der Waals surface area contributed by atoms with Crippen LogP contribution < -0.4 is 5.14 Å². The van der Waals surface area contributed by atoms with Crippen LogP contribution in [0.25, 0.3) is 0 Å². The van der Waals surface area contributed by atoms with E-state index in [4.69, 9.17) is 9.88 Å². The first kappa shape index (κ1) is 18.9. The minimum absolute atomic E-state index is 0.00455. The second-order valence-corrected chi connectivity index (χ2v) is 7.34. The van der Waals surface area contributed by atoms with Crippen molar-refractivity contribution in [2.45, 2.75) is 59.3 Å². The number of sulfonamides is 1. The van der Waals surface area contributed by atoms with Gasteiger partial charge < -0.3 is 4.74 Å². The summed E-state index contributed by atoms with van der Waals surface area (Å²) in [6, 6.07) is 0. The van der Waals surface area contributed by atoms with Gasteiger partial charge in [-0.1, -0.05) is 52.9 Å². The number of unbranched alkanes of at least 4 members (excludes halogenated alkanes) is 5. The van der Waals surface area contributed by atoms with E-state index in [0.717, 1.165) is 13.0 Å². The summed E-state index contributed by atoms with van der Waals surface area (Å²) in [6.07, 6.45) is 7.40. The van der Waals surface area contributed by atoms with E-state index in [0.29, 0.717) is 6.61 Å². The molecule has 0 fully saturated rings. The molecule has 0 aliphatic carbocycles. The largest absolute Gasteiger partial charge is 0.381 e. The van der Waals surface area contributed by atoms with Crippen molar-refractivity contribution in [2.24, 2.45) is 17.0 Å². The average Bonchev–Trinajstić information content (AvgIpc) is 2.29. The van der Waals surface area contributed by atoms with E-state index in [1.54, 1.807) is 0 Å². The Kier molecular flexibility index (Phi) is 10.6. The lowest BCUT2D eigenvalue weighted by atomic mass is 9.99. The van der Waals surface area contributed by atoms with Crippen molar-refractivity contribution in [1.82, 2.24) is 0 Å². The smallest absolute Gasteiger partial charge is 0.209 e. The maximum Gasteiger partial charge on any atom is 0.209 e. The zero-order chi connectivity index (χ0) is 14.7. The lowest BCUT2D eigenvalue weighted by Gasteiger charge is -2.19. The van der Waals surface area contributed by atoms with Crippen molar-refractivity contribution in [3.8, 4) is 0 Å². The molecule has 5 heteroatoms. The fourth-order valence-electron chi connectivity index (χ4n) is 1.95. The molecule has 0 rings (SSSR count). The summed E-state index contributed by atoms with van der Waals surface area (Å²) in [7, 11) is -3.41. The first-order valence-corrected chi connectivity index (χ1v) is 9.16. The van der Waals surface area contributed by atoms with Crippen LogP contribution in [0.15, 0.2) is 0 Å². The zero-order valence-electron chi connectivity index (χ0n) is 12.7. The highest BCUT2D eigenvalue weighted by atomic mass is 32.2. The van der Waals surface area contributed by atoms with E-state index in [1.165, 1.54) is 32.1 Å². The Morgan fingerprint density at radius 1 is 1.05 bits per heavy atom. The topological polar surface area (TPSA) is 69.4 Å². The lowest BCUT2D eigenvalue weighted by Crippen LogP contribution is -2.29. The van der Waals surface area contributed by atoms with E-state index in [1.807, 2.05) is 13.8 Å². The van der Waals surface area contributed by atoms with Gasteiger partial charge in [0.25, 0.3) is 0 Å². The van der Waals surface area contributed by atoms with Gasteiger partial charge in [0, 0.05) is 6.61 Å². The summed E-state index contributed by atoms with van der Waals surface area (Å²) in [6.45, 7) is 7.43. The number of nitrogens with two attached hydrogens (primary N) is 1. The summed E-state index contributed by atoms with van der Waals surface area (Å²) in [5.74, 6) is 0.277. The van der Waals surface area contributed by atoms with E-state index in [-0.39, 0.29) is 17.6 Å². The quantitative estimate of drug-likeness (QED) is 0.562. The fraction of sp³-hybridized carbons (Fsp3) is 1.00. The van der Waals surface area contributed by atoms with Crippen LogP contribution in [0.1, 0.15) is 59.3 Å². The normalized spacial score (nSPS) is 13.9. The molecule has 19 heavy (non-hydrogen) atoms. The molecule has 0 aromatic rings. The average molecular weight is 293 g/mol. The summed E-state index contributed by atoms with van der Waals surface area (Å²) < 4.78 is 27.8. The van der Waals surface area contributed by atoms with E-state index >= 15 is 0 Å². The molecule has 0 aliphatic heterocycles. The van der Waals surface area contributed by atoms with Gasteiger partial charge in [-0.25, -0.2) is 13.6 Å². The molecule has 0 amide bonds. The van der Waals surface area contributed by atoms with Crippen molar-refractivity contribution in [3.63, 3.8) is 0 Å². The minimum Gasteiger partial charge on any atom is -0.381 e. The van der Waals surface area contributed by atoms with Gasteiger partial charge in [-0.2, -0.15) is 0 Å². The van der Waals surface area contributed by atoms with E-state index < -0.39 is 10.0 Å². The van der Waals surface area contributed by atoms with Gasteiger partial charge in [0.1, 0.15) is 0 Å². The summed E-state index contributed by atoms with van der Waals surface area (Å²) in [5, 5.41) is 5.09. The molecule has 2 N–H and O–H groups in total. The number of ether oxygens (including phenoxy) is 1. The fourth-order valence-corrected chi connectivity index (χ4v) is 3.03. The second-order valence-electron chi connectivity index (χ2n) is 5.68.